The van der Waals surface area contributed by atoms with Gasteiger partial charge >= 0.3 is 0 Å². The van der Waals surface area contributed by atoms with E-state index in [0.717, 1.165) is 133 Å². The molecular weight excluding hydrogens is 1220 g/mol. The molecule has 0 bridgehead atoms. The highest BCUT2D eigenvalue weighted by molar-refractivity contribution is 7.00. The molecule has 16 rings (SSSR count). The molecule has 2 aliphatic heterocycles. The van der Waals surface area contributed by atoms with E-state index in [1.54, 1.807) is 0 Å². The minimum Gasteiger partial charge on any atom is -0.310 e. The lowest BCUT2D eigenvalue weighted by Gasteiger charge is -2.46. The van der Waals surface area contributed by atoms with Crippen molar-refractivity contribution >= 4 is 101 Å². The average molecular weight is 1310 g/mol. The molecule has 0 saturated heterocycles. The molecule has 0 saturated carbocycles. The molecule has 0 fully saturated rings. The Balaban J connectivity index is 1.08. The molecule has 14 aromatic rings. The van der Waals surface area contributed by atoms with Gasteiger partial charge in [0.15, 0.2) is 0 Å². The van der Waals surface area contributed by atoms with Crippen LogP contribution in [0.15, 0.2) is 243 Å². The predicted octanol–water partition coefficient (Wildman–Crippen LogP) is 23.2. The minimum atomic E-state index is -0.493. The topological polar surface area (TPSA) is 63.9 Å². The van der Waals surface area contributed by atoms with Crippen molar-refractivity contribution in [3.8, 4) is 56.9 Å². The summed E-state index contributed by atoms with van der Waals surface area (Å²) in [6, 6.07) is 79.7. The lowest BCUT2D eigenvalue weighted by molar-refractivity contribution is 0.590. The van der Waals surface area contributed by atoms with Gasteiger partial charge < -0.3 is 18.9 Å². The lowest BCUT2D eigenvalue weighted by atomic mass is 9.33. The molecule has 0 radical (unpaired) electrons. The van der Waals surface area contributed by atoms with Crippen LogP contribution in [-0.4, -0.2) is 15.8 Å². The summed E-state index contributed by atoms with van der Waals surface area (Å²) in [5, 5.41) is 26.8. The van der Waals surface area contributed by atoms with E-state index in [4.69, 9.17) is 4.11 Å². The molecule has 0 N–H and O–H groups in total. The van der Waals surface area contributed by atoms with Crippen LogP contribution in [0.1, 0.15) is 150 Å². The van der Waals surface area contributed by atoms with Crippen molar-refractivity contribution in [3.63, 3.8) is 0 Å². The monoisotopic (exact) mass is 1310 g/mol. The van der Waals surface area contributed by atoms with Crippen LogP contribution in [0, 0.1) is 22.7 Å². The molecular formula is C94H85BN6. The Labute approximate surface area is 603 Å². The van der Waals surface area contributed by atoms with E-state index in [1.807, 2.05) is 24.3 Å². The molecule has 0 aliphatic carbocycles. The fraction of sp³-hybridized carbons (Fsp3) is 0.213. The van der Waals surface area contributed by atoms with Gasteiger partial charge in [-0.05, 0) is 209 Å². The minimum absolute atomic E-state index is 0.112. The van der Waals surface area contributed by atoms with Gasteiger partial charge in [-0.15, -0.1) is 0 Å². The fourth-order valence-electron chi connectivity index (χ4n) is 15.6. The Hall–Kier alpha value is -11.1. The summed E-state index contributed by atoms with van der Waals surface area (Å²) in [5.41, 5.74) is 23.9. The van der Waals surface area contributed by atoms with Crippen molar-refractivity contribution in [2.24, 2.45) is 0 Å². The Kier molecular flexibility index (Phi) is 13.5. The molecule has 0 spiro atoms. The molecule has 12 aromatic carbocycles. The maximum absolute atomic E-state index is 12.0. The normalized spacial score (nSPS) is 13.9. The summed E-state index contributed by atoms with van der Waals surface area (Å²) >= 11 is 0. The highest BCUT2D eigenvalue weighted by atomic mass is 15.2. The Bertz CT molecular complexity index is 5990. The second-order valence-corrected chi connectivity index (χ2v) is 33.0. The Morgan fingerprint density at radius 2 is 0.762 bits per heavy atom. The van der Waals surface area contributed by atoms with Gasteiger partial charge in [0.25, 0.3) is 6.71 Å². The van der Waals surface area contributed by atoms with E-state index in [0.29, 0.717) is 22.4 Å². The first-order valence-electron chi connectivity index (χ1n) is 37.8. The average Bonchev–Trinajstić information content (AvgIpc) is 0.870. The number of anilines is 6. The first-order chi connectivity index (χ1) is 50.2. The zero-order valence-electron chi connectivity index (χ0n) is 65.5. The number of fused-ring (bicyclic) bond motifs is 10. The second-order valence-electron chi connectivity index (χ2n) is 33.0. The fourth-order valence-corrected chi connectivity index (χ4v) is 15.6. The van der Waals surface area contributed by atoms with E-state index >= 15 is 0 Å². The second kappa shape index (κ2) is 23.2. The zero-order chi connectivity index (χ0) is 74.9. The maximum Gasteiger partial charge on any atom is 0.252 e. The van der Waals surface area contributed by atoms with Crippen LogP contribution in [-0.2, 0) is 27.1 Å². The van der Waals surface area contributed by atoms with E-state index in [1.165, 1.54) is 16.7 Å². The van der Waals surface area contributed by atoms with Crippen LogP contribution in [0.3, 0.4) is 0 Å². The van der Waals surface area contributed by atoms with Gasteiger partial charge in [0.1, 0.15) is 6.07 Å². The zero-order valence-corrected chi connectivity index (χ0v) is 60.5. The van der Waals surface area contributed by atoms with Crippen LogP contribution in [0.25, 0.3) is 88.4 Å². The molecule has 0 amide bonds. The van der Waals surface area contributed by atoms with Gasteiger partial charge in [0.2, 0.25) is 0 Å². The first kappa shape index (κ1) is 58.8. The van der Waals surface area contributed by atoms with Crippen LogP contribution >= 0.6 is 0 Å². The van der Waals surface area contributed by atoms with Gasteiger partial charge in [0, 0.05) is 66.8 Å². The molecule has 7 heteroatoms. The lowest BCUT2D eigenvalue weighted by Crippen LogP contribution is -2.61. The van der Waals surface area contributed by atoms with Crippen LogP contribution in [0.4, 0.5) is 34.1 Å². The van der Waals surface area contributed by atoms with E-state index < -0.39 is 30.3 Å². The molecule has 0 atom stereocenters. The highest BCUT2D eigenvalue weighted by Gasteiger charge is 2.46. The number of benzene rings is 12. The Morgan fingerprint density at radius 3 is 1.24 bits per heavy atom. The molecule has 6 nitrogen and oxygen atoms in total. The maximum atomic E-state index is 12.0. The number of aromatic nitrogens is 2. The third-order valence-corrected chi connectivity index (χ3v) is 21.2. The highest BCUT2D eigenvalue weighted by Crippen LogP contribution is 2.54. The summed E-state index contributed by atoms with van der Waals surface area (Å²) in [6.45, 7) is 33.3. The smallest absolute Gasteiger partial charge is 0.252 e. The third kappa shape index (κ3) is 10.7. The molecule has 2 aromatic heterocycles. The first-order valence-corrected chi connectivity index (χ1v) is 35.3. The van der Waals surface area contributed by atoms with E-state index in [-0.39, 0.29) is 39.3 Å². The third-order valence-electron chi connectivity index (χ3n) is 21.2. The molecule has 4 heterocycles. The summed E-state index contributed by atoms with van der Waals surface area (Å²) in [4.78, 5) is 4.79. The van der Waals surface area contributed by atoms with Crippen LogP contribution in [0.5, 0.6) is 0 Å². The molecule has 101 heavy (non-hydrogen) atoms. The van der Waals surface area contributed by atoms with E-state index in [9.17, 15) is 13.3 Å². The number of nitriles is 2. The summed E-state index contributed by atoms with van der Waals surface area (Å²) in [5.74, 6) is 0. The van der Waals surface area contributed by atoms with Gasteiger partial charge in [-0.25, -0.2) is 0 Å². The molecule has 0 unspecified atom stereocenters. The van der Waals surface area contributed by atoms with Gasteiger partial charge in [-0.1, -0.05) is 231 Å². The van der Waals surface area contributed by atoms with Crippen molar-refractivity contribution in [1.82, 2.24) is 9.13 Å². The van der Waals surface area contributed by atoms with Crippen LogP contribution in [0.2, 0.25) is 0 Å². The standard InChI is InChI=1S/C94H85BN6/c1-90(2,3)64-34-42-80-74(47-64)73-45-58(56-96)31-41-79(73)98(80)69-37-32-63(57-97)83(54-69)100-85-55-70(99-81-43-35-65(91(4,5)6)48-75(81)76-49-66(92(7,8)9)36-44-82(76)99)38-40-78(85)95-77-39-33-62(59-25-19-16-20-26-59)46-84(77)101(87-53-68(94(13,14)15)52-86(100)88(87)95)89-71(60-27-21-17-22-28-60)50-67(93(10,11)12)51-72(89)61-29-23-18-24-30-61/h16-55H,1-15H3/i16D,19D,20D,25D,26D. The number of rotatable bonds is 7. The summed E-state index contributed by atoms with van der Waals surface area (Å²) < 4.78 is 50.8. The summed E-state index contributed by atoms with van der Waals surface area (Å²) in [6.07, 6.45) is 0. The quantitative estimate of drug-likeness (QED) is 0.149. The number of hydrogen-bond donors (Lipinski definition) is 0. The number of hydrogen-bond acceptors (Lipinski definition) is 4. The predicted molar refractivity (Wildman–Crippen MR) is 428 cm³/mol. The Morgan fingerprint density at radius 1 is 0.337 bits per heavy atom. The van der Waals surface area contributed by atoms with Gasteiger partial charge in [-0.2, -0.15) is 10.5 Å². The van der Waals surface area contributed by atoms with Crippen molar-refractivity contribution < 1.29 is 6.85 Å². The molecule has 2 aliphatic rings. The van der Waals surface area contributed by atoms with Gasteiger partial charge in [0.05, 0.1) is 57.5 Å². The summed E-state index contributed by atoms with van der Waals surface area (Å²) in [7, 11) is 0. The van der Waals surface area contributed by atoms with Gasteiger partial charge in [-0.3, -0.25) is 0 Å². The van der Waals surface area contributed by atoms with Crippen molar-refractivity contribution in [1.29, 1.82) is 10.5 Å². The van der Waals surface area contributed by atoms with Crippen LogP contribution < -0.4 is 26.2 Å². The van der Waals surface area contributed by atoms with Crippen molar-refractivity contribution in [2.45, 2.75) is 131 Å². The van der Waals surface area contributed by atoms with Crippen molar-refractivity contribution in [2.75, 3.05) is 9.80 Å². The largest absolute Gasteiger partial charge is 0.310 e. The SMILES string of the molecule is [2H]c1c([2H])c([2H])c(-c2ccc3c(c2)N(c2c(-c4ccccc4)cc(C(C)(C)C)cc2-c2ccccc2)c2cc(C(C)(C)C)cc4c2B3c2ccc(-n3c5ccc(C(C)(C)C)cc5c5cc(C(C)(C)C)ccc53)cc2N4c2cc(-n3c4ccc(C#N)cc4c4cc(C(C)(C)C)ccc43)ccc2C#N)c([2H])c1[2H]. The molecule has 494 valence electrons. The van der Waals surface area contributed by atoms with Crippen molar-refractivity contribution in [3.05, 3.63) is 281 Å². The van der Waals surface area contributed by atoms with E-state index in [2.05, 4.69) is 323 Å². The number of nitrogens with zero attached hydrogens (tertiary/aromatic N) is 6.